The van der Waals surface area contributed by atoms with Crippen LogP contribution in [-0.2, 0) is 9.59 Å². The highest BCUT2D eigenvalue weighted by Gasteiger charge is 2.12. The van der Waals surface area contributed by atoms with Gasteiger partial charge in [-0.25, -0.2) is 5.84 Å². The van der Waals surface area contributed by atoms with Gasteiger partial charge in [0.05, 0.1) is 12.5 Å². The Morgan fingerprint density at radius 2 is 2.00 bits per heavy atom. The zero-order chi connectivity index (χ0) is 8.15. The molecule has 0 radical (unpaired) electrons. The standard InChI is InChI=1S/C4H10N4O2/c5-2(4(6)10)1-3(9)8-7/h2H,1,5,7H2,(H2,6,10)(H,8,9)/t2-/m1/s1. The monoisotopic (exact) mass is 146 g/mol. The van der Waals surface area contributed by atoms with Gasteiger partial charge in [-0.1, -0.05) is 0 Å². The molecule has 2 amide bonds. The Balaban J connectivity index is 3.68. The van der Waals surface area contributed by atoms with Crippen LogP contribution in [0.4, 0.5) is 0 Å². The molecule has 10 heavy (non-hydrogen) atoms. The maximum atomic E-state index is 10.4. The molecule has 0 rings (SSSR count). The Morgan fingerprint density at radius 3 is 2.30 bits per heavy atom. The van der Waals surface area contributed by atoms with Crippen molar-refractivity contribution in [1.29, 1.82) is 0 Å². The van der Waals surface area contributed by atoms with Crippen LogP contribution < -0.4 is 22.7 Å². The number of carbonyl (C=O) groups is 2. The Morgan fingerprint density at radius 1 is 1.50 bits per heavy atom. The molecule has 0 fully saturated rings. The maximum absolute atomic E-state index is 10.4. The number of hydrazine groups is 1. The smallest absolute Gasteiger partial charge is 0.235 e. The first-order chi connectivity index (χ1) is 4.57. The minimum atomic E-state index is -0.955. The lowest BCUT2D eigenvalue weighted by Crippen LogP contribution is -2.42. The SMILES string of the molecule is NNC(=O)C[C@@H](N)C(N)=O. The third-order valence-corrected chi connectivity index (χ3v) is 0.932. The van der Waals surface area contributed by atoms with Crippen molar-refractivity contribution >= 4 is 11.8 Å². The average Bonchev–Trinajstić information content (AvgIpc) is 1.87. The van der Waals surface area contributed by atoms with E-state index in [4.69, 9.17) is 17.3 Å². The van der Waals surface area contributed by atoms with E-state index < -0.39 is 17.9 Å². The van der Waals surface area contributed by atoms with Crippen LogP contribution in [0.1, 0.15) is 6.42 Å². The summed E-state index contributed by atoms with van der Waals surface area (Å²) in [4.78, 5) is 20.6. The molecule has 0 spiro atoms. The van der Waals surface area contributed by atoms with Gasteiger partial charge < -0.3 is 11.5 Å². The van der Waals surface area contributed by atoms with Crippen LogP contribution in [0, 0.1) is 0 Å². The van der Waals surface area contributed by atoms with E-state index in [0.29, 0.717) is 0 Å². The van der Waals surface area contributed by atoms with Crippen molar-refractivity contribution in [1.82, 2.24) is 5.43 Å². The molecule has 0 aromatic carbocycles. The molecule has 0 aromatic rings. The van der Waals surface area contributed by atoms with Gasteiger partial charge in [-0.15, -0.1) is 0 Å². The molecule has 1 atom stereocenters. The number of primary amides is 1. The van der Waals surface area contributed by atoms with Crippen molar-refractivity contribution in [3.8, 4) is 0 Å². The largest absolute Gasteiger partial charge is 0.368 e. The van der Waals surface area contributed by atoms with E-state index in [1.54, 1.807) is 0 Å². The number of carbonyl (C=O) groups excluding carboxylic acids is 2. The first-order valence-electron chi connectivity index (χ1n) is 2.62. The third kappa shape index (κ3) is 3.00. The molecule has 0 aromatic heterocycles. The third-order valence-electron chi connectivity index (χ3n) is 0.932. The normalized spacial score (nSPS) is 12.2. The molecular formula is C4H10N4O2. The summed E-state index contributed by atoms with van der Waals surface area (Å²) in [5, 5.41) is 0. The number of amides is 2. The number of rotatable bonds is 3. The van der Waals surface area contributed by atoms with E-state index in [2.05, 4.69) is 0 Å². The fraction of sp³-hybridized carbons (Fsp3) is 0.500. The van der Waals surface area contributed by atoms with Crippen molar-refractivity contribution in [3.63, 3.8) is 0 Å². The predicted molar refractivity (Wildman–Crippen MR) is 34.1 cm³/mol. The zero-order valence-electron chi connectivity index (χ0n) is 5.33. The summed E-state index contributed by atoms with van der Waals surface area (Å²) in [5.41, 5.74) is 11.7. The molecule has 58 valence electrons. The van der Waals surface area contributed by atoms with Crippen LogP contribution >= 0.6 is 0 Å². The minimum absolute atomic E-state index is 0.175. The molecule has 7 N–H and O–H groups in total. The Bertz CT molecular complexity index is 146. The molecule has 6 heteroatoms. The summed E-state index contributed by atoms with van der Waals surface area (Å²) >= 11 is 0. The maximum Gasteiger partial charge on any atom is 0.235 e. The summed E-state index contributed by atoms with van der Waals surface area (Å²) in [5.74, 6) is 3.49. The number of hydrogen-bond acceptors (Lipinski definition) is 4. The van der Waals surface area contributed by atoms with E-state index in [9.17, 15) is 9.59 Å². The summed E-state index contributed by atoms with van der Waals surface area (Å²) in [7, 11) is 0. The van der Waals surface area contributed by atoms with E-state index >= 15 is 0 Å². The molecule has 0 aliphatic rings. The molecule has 0 aliphatic heterocycles. The topological polar surface area (TPSA) is 124 Å². The summed E-state index contributed by atoms with van der Waals surface area (Å²) in [6.07, 6.45) is -0.175. The number of nitrogens with one attached hydrogen (secondary N) is 1. The summed E-state index contributed by atoms with van der Waals surface area (Å²) in [6.45, 7) is 0. The zero-order valence-corrected chi connectivity index (χ0v) is 5.33. The van der Waals surface area contributed by atoms with E-state index in [-0.39, 0.29) is 6.42 Å². The first kappa shape index (κ1) is 8.86. The lowest BCUT2D eigenvalue weighted by Gasteiger charge is -2.03. The molecular weight excluding hydrogens is 136 g/mol. The van der Waals surface area contributed by atoms with E-state index in [1.807, 2.05) is 5.43 Å². The number of nitrogens with two attached hydrogens (primary N) is 3. The summed E-state index contributed by atoms with van der Waals surface area (Å²) < 4.78 is 0. The van der Waals surface area contributed by atoms with Gasteiger partial charge in [-0.3, -0.25) is 15.0 Å². The molecule has 0 saturated carbocycles. The van der Waals surface area contributed by atoms with Crippen LogP contribution in [0.5, 0.6) is 0 Å². The van der Waals surface area contributed by atoms with Gasteiger partial charge in [-0.05, 0) is 0 Å². The molecule has 0 heterocycles. The van der Waals surface area contributed by atoms with Crippen LogP contribution in [-0.4, -0.2) is 17.9 Å². The Labute approximate surface area is 57.7 Å². The van der Waals surface area contributed by atoms with Crippen LogP contribution in [0.2, 0.25) is 0 Å². The van der Waals surface area contributed by atoms with E-state index in [0.717, 1.165) is 0 Å². The van der Waals surface area contributed by atoms with Gasteiger partial charge >= 0.3 is 0 Å². The quantitative estimate of drug-likeness (QED) is 0.195. The van der Waals surface area contributed by atoms with Gasteiger partial charge in [0.15, 0.2) is 0 Å². The van der Waals surface area contributed by atoms with Gasteiger partial charge in [0.2, 0.25) is 11.8 Å². The molecule has 0 saturated heterocycles. The predicted octanol–water partition coefficient (Wildman–Crippen LogP) is -2.82. The molecule has 0 unspecified atom stereocenters. The van der Waals surface area contributed by atoms with Crippen molar-refractivity contribution < 1.29 is 9.59 Å². The van der Waals surface area contributed by atoms with Gasteiger partial charge in [0, 0.05) is 0 Å². The van der Waals surface area contributed by atoms with Gasteiger partial charge in [-0.2, -0.15) is 0 Å². The fourth-order valence-corrected chi connectivity index (χ4v) is 0.359. The Hall–Kier alpha value is -1.14. The fourth-order valence-electron chi connectivity index (χ4n) is 0.359. The lowest BCUT2D eigenvalue weighted by atomic mass is 10.2. The van der Waals surface area contributed by atoms with Crippen LogP contribution in [0.15, 0.2) is 0 Å². The lowest BCUT2D eigenvalue weighted by molar-refractivity contribution is -0.126. The van der Waals surface area contributed by atoms with Crippen molar-refractivity contribution in [3.05, 3.63) is 0 Å². The van der Waals surface area contributed by atoms with E-state index in [1.165, 1.54) is 0 Å². The Kier molecular flexibility index (Phi) is 3.37. The average molecular weight is 146 g/mol. The second-order valence-electron chi connectivity index (χ2n) is 1.78. The van der Waals surface area contributed by atoms with Crippen LogP contribution in [0.3, 0.4) is 0 Å². The first-order valence-corrected chi connectivity index (χ1v) is 2.62. The van der Waals surface area contributed by atoms with Gasteiger partial charge in [0.1, 0.15) is 0 Å². The van der Waals surface area contributed by atoms with Crippen molar-refractivity contribution in [2.24, 2.45) is 17.3 Å². The second-order valence-corrected chi connectivity index (χ2v) is 1.78. The number of hydrogen-bond donors (Lipinski definition) is 4. The molecule has 6 nitrogen and oxygen atoms in total. The molecule has 0 aliphatic carbocycles. The van der Waals surface area contributed by atoms with Crippen molar-refractivity contribution in [2.45, 2.75) is 12.5 Å². The van der Waals surface area contributed by atoms with Crippen LogP contribution in [0.25, 0.3) is 0 Å². The highest BCUT2D eigenvalue weighted by Crippen LogP contribution is 1.84. The minimum Gasteiger partial charge on any atom is -0.368 e. The van der Waals surface area contributed by atoms with Gasteiger partial charge in [0.25, 0.3) is 0 Å². The molecule has 0 bridgehead atoms. The highest BCUT2D eigenvalue weighted by molar-refractivity contribution is 5.86. The summed E-state index contributed by atoms with van der Waals surface area (Å²) in [6, 6.07) is -0.955. The highest BCUT2D eigenvalue weighted by atomic mass is 16.2. The second kappa shape index (κ2) is 3.80. The van der Waals surface area contributed by atoms with Crippen molar-refractivity contribution in [2.75, 3.05) is 0 Å².